The van der Waals surface area contributed by atoms with Crippen molar-refractivity contribution in [2.75, 3.05) is 11.5 Å². The van der Waals surface area contributed by atoms with Gasteiger partial charge < -0.3 is 11.5 Å². The van der Waals surface area contributed by atoms with E-state index in [1.54, 1.807) is 0 Å². The fourth-order valence-electron chi connectivity index (χ4n) is 1.35. The van der Waals surface area contributed by atoms with Crippen molar-refractivity contribution in [3.8, 4) is 11.1 Å². The molecule has 2 nitrogen and oxygen atoms in total. The number of rotatable bonds is 1. The molecule has 1 radical (unpaired) electrons. The maximum Gasteiger partial charge on any atom is 0.0314 e. The molecule has 0 bridgehead atoms. The number of benzene rings is 2. The van der Waals surface area contributed by atoms with Crippen LogP contribution in [0.4, 0.5) is 11.4 Å². The predicted octanol–water partition coefficient (Wildman–Crippen LogP) is 2.63. The number of nitrogen functional groups attached to an aromatic ring is 2. The molecule has 14 heavy (non-hydrogen) atoms. The van der Waals surface area contributed by atoms with Gasteiger partial charge in [-0.2, -0.15) is 0 Å². The Morgan fingerprint density at radius 3 is 1.14 bits per heavy atom. The monoisotopic (exact) mass is 185 g/mol. The molecule has 0 aliphatic rings. The Kier molecular flexibility index (Phi) is 2.11. The van der Waals surface area contributed by atoms with Gasteiger partial charge in [0.2, 0.25) is 0 Å². The van der Waals surface area contributed by atoms with Gasteiger partial charge in [-0.05, 0) is 35.4 Å². The second-order valence-corrected chi connectivity index (χ2v) is 3.24. The molecular weight excluding hydrogens is 172 g/mol. The molecule has 71 valence electrons. The first-order valence-electron chi connectivity index (χ1n) is 4.47. The minimum absolute atomic E-state index is 0. The topological polar surface area (TPSA) is 52.0 Å². The van der Waals surface area contributed by atoms with Gasteiger partial charge in [0.1, 0.15) is 0 Å². The second-order valence-electron chi connectivity index (χ2n) is 3.24. The summed E-state index contributed by atoms with van der Waals surface area (Å²) < 4.78 is 0. The van der Waals surface area contributed by atoms with Gasteiger partial charge >= 0.3 is 0 Å². The Morgan fingerprint density at radius 2 is 0.857 bits per heavy atom. The van der Waals surface area contributed by atoms with Gasteiger partial charge in [0, 0.05) is 12.8 Å². The van der Waals surface area contributed by atoms with Crippen molar-refractivity contribution in [2.45, 2.75) is 0 Å². The summed E-state index contributed by atoms with van der Waals surface area (Å²) in [6, 6.07) is 15.6. The van der Waals surface area contributed by atoms with Crippen molar-refractivity contribution in [2.24, 2.45) is 0 Å². The number of nitrogens with two attached hydrogens (primary N) is 2. The zero-order valence-electron chi connectivity index (χ0n) is 8.77. The summed E-state index contributed by atoms with van der Waals surface area (Å²) >= 11 is 0. The highest BCUT2D eigenvalue weighted by Gasteiger charge is 1.95. The van der Waals surface area contributed by atoms with Crippen LogP contribution in [0.5, 0.6) is 0 Å². The molecule has 0 spiro atoms. The van der Waals surface area contributed by atoms with E-state index < -0.39 is 0 Å². The largest absolute Gasteiger partial charge is 0.399 e. The van der Waals surface area contributed by atoms with Crippen LogP contribution < -0.4 is 11.5 Å². The average molecular weight is 185 g/mol. The van der Waals surface area contributed by atoms with Crippen LogP contribution in [0.1, 0.15) is 1.43 Å². The number of anilines is 2. The summed E-state index contributed by atoms with van der Waals surface area (Å²) in [6.45, 7) is 0. The molecule has 2 aromatic rings. The van der Waals surface area contributed by atoms with E-state index in [0.717, 1.165) is 22.5 Å². The van der Waals surface area contributed by atoms with Gasteiger partial charge in [0.05, 0.1) is 0 Å². The maximum atomic E-state index is 5.61. The summed E-state index contributed by atoms with van der Waals surface area (Å²) in [6.07, 6.45) is 0. The van der Waals surface area contributed by atoms with Crippen molar-refractivity contribution in [3.63, 3.8) is 0 Å². The van der Waals surface area contributed by atoms with E-state index in [1.165, 1.54) is 0 Å². The van der Waals surface area contributed by atoms with Crippen molar-refractivity contribution in [3.05, 3.63) is 48.5 Å². The third kappa shape index (κ3) is 1.69. The zero-order chi connectivity index (χ0) is 9.97. The van der Waals surface area contributed by atoms with Gasteiger partial charge in [-0.25, -0.2) is 0 Å². The molecule has 0 aromatic heterocycles. The molecule has 0 saturated carbocycles. The first-order chi connectivity index (χ1) is 6.75. The van der Waals surface area contributed by atoms with Gasteiger partial charge in [0.15, 0.2) is 0 Å². The lowest BCUT2D eigenvalue weighted by molar-refractivity contribution is 1.61. The Hall–Kier alpha value is -1.96. The Morgan fingerprint density at radius 1 is 0.571 bits per heavy atom. The van der Waals surface area contributed by atoms with E-state index in [4.69, 9.17) is 11.5 Å². The minimum atomic E-state index is 0. The molecule has 0 heterocycles. The highest BCUT2D eigenvalue weighted by molar-refractivity contribution is 5.67. The molecule has 2 heteroatoms. The van der Waals surface area contributed by atoms with Gasteiger partial charge in [-0.1, -0.05) is 24.3 Å². The fourth-order valence-corrected chi connectivity index (χ4v) is 1.35. The first kappa shape index (κ1) is 8.63. The van der Waals surface area contributed by atoms with Gasteiger partial charge in [-0.15, -0.1) is 0 Å². The molecule has 2 aromatic carbocycles. The SMILES string of the molecule is Nc1ccc(-c2ccc(N)cc2)cc1.[H]. The molecule has 4 N–H and O–H groups in total. The van der Waals surface area contributed by atoms with E-state index in [1.807, 2.05) is 48.5 Å². The average Bonchev–Trinajstić information content (AvgIpc) is 2.21. The molecule has 0 aliphatic carbocycles. The molecule has 0 aliphatic heterocycles. The standard InChI is InChI=1S/C12H12N2.H/c13-11-5-1-9(2-6-11)10-3-7-12(14)8-4-10;/h1-8H,13-14H2;. The second kappa shape index (κ2) is 3.42. The zero-order valence-corrected chi connectivity index (χ0v) is 7.77. The van der Waals surface area contributed by atoms with Crippen LogP contribution in [0.15, 0.2) is 48.5 Å². The van der Waals surface area contributed by atoms with Crippen LogP contribution in [-0.2, 0) is 0 Å². The van der Waals surface area contributed by atoms with Crippen molar-refractivity contribution in [1.29, 1.82) is 0 Å². The predicted molar refractivity (Wildman–Crippen MR) is 61.8 cm³/mol. The molecule has 0 unspecified atom stereocenters. The minimum Gasteiger partial charge on any atom is -0.399 e. The highest BCUT2D eigenvalue weighted by atomic mass is 14.5. The van der Waals surface area contributed by atoms with E-state index in [0.29, 0.717) is 0 Å². The lowest BCUT2D eigenvalue weighted by Crippen LogP contribution is -1.85. The van der Waals surface area contributed by atoms with Crippen LogP contribution in [0.25, 0.3) is 11.1 Å². The Bertz CT molecular complexity index is 377. The number of hydrogen-bond donors (Lipinski definition) is 2. The quantitative estimate of drug-likeness (QED) is 0.671. The summed E-state index contributed by atoms with van der Waals surface area (Å²) in [4.78, 5) is 0. The summed E-state index contributed by atoms with van der Waals surface area (Å²) in [7, 11) is 0. The van der Waals surface area contributed by atoms with E-state index in [9.17, 15) is 0 Å². The van der Waals surface area contributed by atoms with Crippen LogP contribution >= 0.6 is 0 Å². The van der Waals surface area contributed by atoms with E-state index >= 15 is 0 Å². The Balaban J connectivity index is 0.00000112. The van der Waals surface area contributed by atoms with Crippen molar-refractivity contribution < 1.29 is 1.43 Å². The van der Waals surface area contributed by atoms with Crippen LogP contribution in [0.2, 0.25) is 0 Å². The molecule has 0 atom stereocenters. The normalized spacial score (nSPS) is 10.0. The third-order valence-corrected chi connectivity index (χ3v) is 2.15. The van der Waals surface area contributed by atoms with Crippen LogP contribution in [0.3, 0.4) is 0 Å². The lowest BCUT2D eigenvalue weighted by Gasteiger charge is -2.02. The fraction of sp³-hybridized carbons (Fsp3) is 0. The van der Waals surface area contributed by atoms with Crippen LogP contribution in [-0.4, -0.2) is 0 Å². The van der Waals surface area contributed by atoms with Gasteiger partial charge in [0.25, 0.3) is 0 Å². The van der Waals surface area contributed by atoms with E-state index in [2.05, 4.69) is 0 Å². The smallest absolute Gasteiger partial charge is 0.0314 e. The first-order valence-corrected chi connectivity index (χ1v) is 4.47. The highest BCUT2D eigenvalue weighted by Crippen LogP contribution is 2.21. The van der Waals surface area contributed by atoms with Crippen molar-refractivity contribution in [1.82, 2.24) is 0 Å². The maximum absolute atomic E-state index is 5.61. The Labute approximate surface area is 84.7 Å². The molecular formula is C12H13N2. The summed E-state index contributed by atoms with van der Waals surface area (Å²) in [5.41, 5.74) is 15.1. The summed E-state index contributed by atoms with van der Waals surface area (Å²) in [5.74, 6) is 0. The third-order valence-electron chi connectivity index (χ3n) is 2.15. The van der Waals surface area contributed by atoms with Gasteiger partial charge in [-0.3, -0.25) is 0 Å². The summed E-state index contributed by atoms with van der Waals surface area (Å²) in [5, 5.41) is 0. The van der Waals surface area contributed by atoms with E-state index in [-0.39, 0.29) is 1.43 Å². The molecule has 2 rings (SSSR count). The molecule has 0 amide bonds. The van der Waals surface area contributed by atoms with Crippen molar-refractivity contribution >= 4 is 11.4 Å². The number of hydrogen-bond acceptors (Lipinski definition) is 2. The molecule has 0 saturated heterocycles. The lowest BCUT2D eigenvalue weighted by atomic mass is 10.1. The van der Waals surface area contributed by atoms with Crippen LogP contribution in [0, 0.1) is 0 Å². The molecule has 0 fully saturated rings.